The van der Waals surface area contributed by atoms with Crippen molar-refractivity contribution >= 4 is 44.1 Å². The zero-order valence-electron chi connectivity index (χ0n) is 18.7. The monoisotopic (exact) mass is 506 g/mol. The fourth-order valence-electron chi connectivity index (χ4n) is 3.32. The maximum Gasteiger partial charge on any atom is 0.485 e. The van der Waals surface area contributed by atoms with Crippen LogP contribution in [0.5, 0.6) is 11.5 Å². The van der Waals surface area contributed by atoms with E-state index >= 15 is 0 Å². The van der Waals surface area contributed by atoms with E-state index in [4.69, 9.17) is 17.7 Å². The van der Waals surface area contributed by atoms with Crippen molar-refractivity contribution in [1.29, 1.82) is 0 Å². The maximum absolute atomic E-state index is 10.7. The van der Waals surface area contributed by atoms with E-state index in [1.165, 1.54) is 0 Å². The molecule has 2 aromatic heterocycles. The molecule has 184 valence electrons. The summed E-state index contributed by atoms with van der Waals surface area (Å²) in [5, 5.41) is 12.1. The van der Waals surface area contributed by atoms with E-state index in [2.05, 4.69) is 53.0 Å². The highest BCUT2D eigenvalue weighted by molar-refractivity contribution is 7.86. The van der Waals surface area contributed by atoms with Gasteiger partial charge in [0.05, 0.1) is 12.0 Å². The minimum Gasteiger partial charge on any atom is -0.741 e. The molecule has 0 spiro atoms. The van der Waals surface area contributed by atoms with E-state index in [1.54, 1.807) is 12.3 Å². The van der Waals surface area contributed by atoms with Gasteiger partial charge in [-0.1, -0.05) is 12.1 Å². The molecule has 0 saturated heterocycles. The van der Waals surface area contributed by atoms with E-state index in [1.807, 2.05) is 31.2 Å². The molecule has 2 heterocycles. The number of hydrogen-bond donors (Lipinski definition) is 1. The number of phenols is 1. The molecule has 0 aliphatic rings. The maximum atomic E-state index is 10.7. The number of pyridine rings is 2. The number of ether oxygens (including phenoxy) is 1. The van der Waals surface area contributed by atoms with Gasteiger partial charge in [0.1, 0.15) is 24.1 Å². The van der Waals surface area contributed by atoms with E-state index < -0.39 is 15.6 Å². The highest BCUT2D eigenvalue weighted by atomic mass is 32.2. The number of aryl methyl sites for hydroxylation is 1. The molecule has 4 aromatic rings. The number of halogens is 3. The minimum absolute atomic E-state index is 0.198. The molecular formula is C24H21F3N2O5S. The van der Waals surface area contributed by atoms with Crippen LogP contribution in [0.15, 0.2) is 60.8 Å². The molecule has 7 nitrogen and oxygen atoms in total. The van der Waals surface area contributed by atoms with Crippen LogP contribution in [0.4, 0.5) is 13.2 Å². The van der Waals surface area contributed by atoms with Gasteiger partial charge in [-0.25, -0.2) is 8.42 Å². The summed E-state index contributed by atoms with van der Waals surface area (Å²) in [6.07, 6.45) is 5.82. The highest BCUT2D eigenvalue weighted by Gasteiger charge is 2.36. The van der Waals surface area contributed by atoms with Crippen LogP contribution >= 0.6 is 0 Å². The number of aromatic nitrogens is 2. The van der Waals surface area contributed by atoms with Crippen molar-refractivity contribution in [3.05, 3.63) is 72.1 Å². The lowest BCUT2D eigenvalue weighted by Crippen LogP contribution is -2.32. The van der Waals surface area contributed by atoms with Gasteiger partial charge in [-0.2, -0.15) is 17.7 Å². The number of rotatable bonds is 4. The van der Waals surface area contributed by atoms with Crippen LogP contribution in [-0.4, -0.2) is 35.2 Å². The Balaban J connectivity index is 0.000000371. The van der Waals surface area contributed by atoms with Crippen molar-refractivity contribution in [2.75, 3.05) is 6.61 Å². The average molecular weight is 507 g/mol. The van der Waals surface area contributed by atoms with Crippen molar-refractivity contribution < 1.29 is 40.6 Å². The molecule has 0 fully saturated rings. The van der Waals surface area contributed by atoms with Gasteiger partial charge in [0.15, 0.2) is 10.1 Å². The van der Waals surface area contributed by atoms with Gasteiger partial charge < -0.3 is 14.4 Å². The van der Waals surface area contributed by atoms with Gasteiger partial charge in [-0.3, -0.25) is 4.98 Å². The zero-order chi connectivity index (χ0) is 25.8. The van der Waals surface area contributed by atoms with Gasteiger partial charge >= 0.3 is 5.51 Å². The Bertz CT molecular complexity index is 1500. The zero-order valence-corrected chi connectivity index (χ0v) is 19.5. The number of hydrogen-bond acceptors (Lipinski definition) is 6. The lowest BCUT2D eigenvalue weighted by atomic mass is 10.1. The van der Waals surface area contributed by atoms with E-state index in [9.17, 15) is 18.3 Å². The Morgan fingerprint density at radius 3 is 2.49 bits per heavy atom. The summed E-state index contributed by atoms with van der Waals surface area (Å²) in [7, 11) is -4.04. The van der Waals surface area contributed by atoms with Crippen molar-refractivity contribution in [2.24, 2.45) is 7.05 Å². The first-order valence-corrected chi connectivity index (χ1v) is 11.7. The fourth-order valence-corrected chi connectivity index (χ4v) is 3.32. The first-order valence-electron chi connectivity index (χ1n) is 10.2. The molecule has 35 heavy (non-hydrogen) atoms. The van der Waals surface area contributed by atoms with Crippen LogP contribution in [0.2, 0.25) is 0 Å². The largest absolute Gasteiger partial charge is 0.741 e. The molecule has 0 bridgehead atoms. The summed E-state index contributed by atoms with van der Waals surface area (Å²) in [5.41, 5.74) is -1.80. The summed E-state index contributed by atoms with van der Waals surface area (Å²) in [6.45, 7) is 2.65. The van der Waals surface area contributed by atoms with E-state index in [0.29, 0.717) is 12.1 Å². The third-order valence-corrected chi connectivity index (χ3v) is 5.56. The molecule has 0 radical (unpaired) electrons. The number of phenolic OH excluding ortho intramolecular Hbond substituents is 1. The standard InChI is InChI=1S/C23H20N2O2.CHF3O3S/c1-3-27-19-11-12-21-17(15-19)7-10-18(25(21)2)9-6-16-8-13-22(26)23-20(16)5-4-14-24-23;2-1(3,4)8(5,6)7/h4-15H,3H2,1-2H3;(H,5,6,7). The van der Waals surface area contributed by atoms with Gasteiger partial charge in [0.2, 0.25) is 11.2 Å². The quantitative estimate of drug-likeness (QED) is 0.248. The summed E-state index contributed by atoms with van der Waals surface area (Å²) < 4.78 is 66.6. The Hall–Kier alpha value is -3.70. The van der Waals surface area contributed by atoms with Crippen LogP contribution in [0.25, 0.3) is 34.0 Å². The fraction of sp³-hybridized carbons (Fsp3) is 0.167. The van der Waals surface area contributed by atoms with Gasteiger partial charge in [0.25, 0.3) is 0 Å². The van der Waals surface area contributed by atoms with Gasteiger partial charge in [-0.05, 0) is 48.9 Å². The van der Waals surface area contributed by atoms with Crippen LogP contribution in [0.1, 0.15) is 18.2 Å². The van der Waals surface area contributed by atoms with Crippen LogP contribution in [-0.2, 0) is 17.2 Å². The molecule has 2 aromatic carbocycles. The number of alkyl halides is 3. The summed E-state index contributed by atoms with van der Waals surface area (Å²) in [5.74, 6) is 1.08. The molecular weight excluding hydrogens is 485 g/mol. The van der Waals surface area contributed by atoms with Crippen molar-refractivity contribution in [3.8, 4) is 11.5 Å². The Kier molecular flexibility index (Phi) is 7.61. The van der Waals surface area contributed by atoms with Crippen molar-refractivity contribution in [1.82, 2.24) is 4.98 Å². The first kappa shape index (κ1) is 25.9. The second kappa shape index (κ2) is 10.3. The Labute approximate surface area is 199 Å². The molecule has 4 rings (SSSR count). The lowest BCUT2D eigenvalue weighted by molar-refractivity contribution is -0.646. The van der Waals surface area contributed by atoms with Crippen molar-refractivity contribution in [2.45, 2.75) is 12.4 Å². The number of aromatic hydroxyl groups is 1. The second-order valence-electron chi connectivity index (χ2n) is 7.28. The topological polar surface area (TPSA) is 103 Å². The molecule has 1 N–H and O–H groups in total. The third-order valence-electron chi connectivity index (χ3n) is 4.99. The highest BCUT2D eigenvalue weighted by Crippen LogP contribution is 2.27. The number of benzene rings is 2. The molecule has 0 aliphatic carbocycles. The predicted octanol–water partition coefficient (Wildman–Crippen LogP) is 4.54. The molecule has 0 amide bonds. The SMILES string of the molecule is CCOc1ccc2c(ccc(C=Cc3ccc(O)c4ncccc34)[n+]2C)c1.O=S(=O)([O-])C(F)(F)F. The number of fused-ring (bicyclic) bond motifs is 2. The van der Waals surface area contributed by atoms with E-state index in [-0.39, 0.29) is 5.75 Å². The third kappa shape index (κ3) is 6.06. The second-order valence-corrected chi connectivity index (χ2v) is 8.65. The predicted molar refractivity (Wildman–Crippen MR) is 124 cm³/mol. The van der Waals surface area contributed by atoms with E-state index in [0.717, 1.165) is 33.3 Å². The smallest absolute Gasteiger partial charge is 0.485 e. The summed E-state index contributed by atoms with van der Waals surface area (Å²) >= 11 is 0. The number of nitrogens with zero attached hydrogens (tertiary/aromatic N) is 2. The van der Waals surface area contributed by atoms with Crippen LogP contribution < -0.4 is 9.30 Å². The minimum atomic E-state index is -6.09. The Morgan fingerprint density at radius 1 is 1.11 bits per heavy atom. The molecule has 0 aliphatic heterocycles. The first-order chi connectivity index (χ1) is 16.4. The van der Waals surface area contributed by atoms with Gasteiger partial charge in [0, 0.05) is 29.8 Å². The lowest BCUT2D eigenvalue weighted by Gasteiger charge is -2.08. The normalized spacial score (nSPS) is 12.1. The molecule has 11 heteroatoms. The van der Waals surface area contributed by atoms with Crippen LogP contribution in [0.3, 0.4) is 0 Å². The van der Waals surface area contributed by atoms with Crippen molar-refractivity contribution in [3.63, 3.8) is 0 Å². The molecule has 0 saturated carbocycles. The van der Waals surface area contributed by atoms with Gasteiger partial charge in [-0.15, -0.1) is 0 Å². The summed E-state index contributed by atoms with van der Waals surface area (Å²) in [6, 6.07) is 17.8. The summed E-state index contributed by atoms with van der Waals surface area (Å²) in [4.78, 5) is 4.28. The molecule has 0 atom stereocenters. The average Bonchev–Trinajstić information content (AvgIpc) is 2.79. The Morgan fingerprint density at radius 2 is 1.83 bits per heavy atom. The molecule has 0 unspecified atom stereocenters. The van der Waals surface area contributed by atoms with Crippen LogP contribution in [0, 0.1) is 0 Å².